The Hall–Kier alpha value is -1.39. The molecule has 1 unspecified atom stereocenters. The van der Waals surface area contributed by atoms with E-state index in [4.69, 9.17) is 17.3 Å². The fraction of sp³-hybridized carbons (Fsp3) is 0.438. The lowest BCUT2D eigenvalue weighted by Crippen LogP contribution is -2.22. The topological polar surface area (TPSA) is 43.8 Å². The monoisotopic (exact) mass is 309 g/mol. The van der Waals surface area contributed by atoms with E-state index in [1.54, 1.807) is 6.07 Å². The Morgan fingerprint density at radius 1 is 1.38 bits per heavy atom. The number of halogens is 2. The van der Waals surface area contributed by atoms with Gasteiger partial charge in [-0.15, -0.1) is 0 Å². The van der Waals surface area contributed by atoms with Gasteiger partial charge in [0, 0.05) is 16.8 Å². The van der Waals surface area contributed by atoms with Crippen molar-refractivity contribution < 1.29 is 4.39 Å². The predicted molar refractivity (Wildman–Crippen MR) is 84.2 cm³/mol. The quantitative estimate of drug-likeness (QED) is 0.916. The van der Waals surface area contributed by atoms with Crippen molar-refractivity contribution in [3.63, 3.8) is 0 Å². The SMILES string of the molecule is CCC(N)Cc1c(C)nn(Cc2cc(F)ccc2Cl)c1C. The highest BCUT2D eigenvalue weighted by Gasteiger charge is 2.15. The Morgan fingerprint density at radius 3 is 2.76 bits per heavy atom. The lowest BCUT2D eigenvalue weighted by atomic mass is 10.0. The summed E-state index contributed by atoms with van der Waals surface area (Å²) in [6, 6.07) is 4.53. The summed E-state index contributed by atoms with van der Waals surface area (Å²) >= 11 is 6.12. The van der Waals surface area contributed by atoms with E-state index in [2.05, 4.69) is 12.0 Å². The van der Waals surface area contributed by atoms with E-state index >= 15 is 0 Å². The molecule has 114 valence electrons. The van der Waals surface area contributed by atoms with Crippen LogP contribution in [-0.2, 0) is 13.0 Å². The van der Waals surface area contributed by atoms with Crippen molar-refractivity contribution in [1.82, 2.24) is 9.78 Å². The molecule has 0 aliphatic heterocycles. The minimum atomic E-state index is -0.288. The molecule has 3 nitrogen and oxygen atoms in total. The first-order chi connectivity index (χ1) is 9.92. The summed E-state index contributed by atoms with van der Waals surface area (Å²) in [5.41, 5.74) is 9.99. The number of nitrogens with two attached hydrogens (primary N) is 1. The average Bonchev–Trinajstić information content (AvgIpc) is 2.70. The second-order valence-corrected chi connectivity index (χ2v) is 5.82. The van der Waals surface area contributed by atoms with Gasteiger partial charge >= 0.3 is 0 Å². The van der Waals surface area contributed by atoms with Crippen molar-refractivity contribution in [3.05, 3.63) is 51.6 Å². The van der Waals surface area contributed by atoms with Crippen LogP contribution in [0.15, 0.2) is 18.2 Å². The number of aryl methyl sites for hydroxylation is 1. The Morgan fingerprint density at radius 2 is 2.10 bits per heavy atom. The summed E-state index contributed by atoms with van der Waals surface area (Å²) in [5.74, 6) is -0.288. The van der Waals surface area contributed by atoms with Gasteiger partial charge in [0.2, 0.25) is 0 Å². The first kappa shape index (κ1) is 16.0. The molecule has 1 atom stereocenters. The second kappa shape index (κ2) is 6.58. The highest BCUT2D eigenvalue weighted by Crippen LogP contribution is 2.21. The molecule has 0 fully saturated rings. The molecule has 1 aromatic carbocycles. The lowest BCUT2D eigenvalue weighted by molar-refractivity contribution is 0.614. The van der Waals surface area contributed by atoms with Crippen molar-refractivity contribution in [2.24, 2.45) is 5.73 Å². The van der Waals surface area contributed by atoms with Crippen molar-refractivity contribution in [2.75, 3.05) is 0 Å². The Bertz CT molecular complexity index is 637. The summed E-state index contributed by atoms with van der Waals surface area (Å²) in [7, 11) is 0. The zero-order valence-corrected chi connectivity index (χ0v) is 13.4. The highest BCUT2D eigenvalue weighted by molar-refractivity contribution is 6.31. The first-order valence-electron chi connectivity index (χ1n) is 7.14. The molecule has 5 heteroatoms. The molecule has 2 aromatic rings. The van der Waals surface area contributed by atoms with Crippen molar-refractivity contribution in [2.45, 2.75) is 46.2 Å². The molecule has 21 heavy (non-hydrogen) atoms. The maximum absolute atomic E-state index is 13.3. The summed E-state index contributed by atoms with van der Waals surface area (Å²) < 4.78 is 15.2. The summed E-state index contributed by atoms with van der Waals surface area (Å²) in [5, 5.41) is 5.10. The van der Waals surface area contributed by atoms with Gasteiger partial charge in [0.1, 0.15) is 5.82 Å². The van der Waals surface area contributed by atoms with E-state index < -0.39 is 0 Å². The standard InChI is InChI=1S/C16H21ClFN3/c1-4-14(19)8-15-10(2)20-21(11(15)3)9-12-7-13(18)5-6-16(12)17/h5-7,14H,4,8-9,19H2,1-3H3. The van der Waals surface area contributed by atoms with E-state index in [0.29, 0.717) is 11.6 Å². The number of aromatic nitrogens is 2. The van der Waals surface area contributed by atoms with Gasteiger partial charge in [0.25, 0.3) is 0 Å². The molecule has 0 radical (unpaired) electrons. The summed E-state index contributed by atoms with van der Waals surface area (Å²) in [4.78, 5) is 0. The number of hydrogen-bond acceptors (Lipinski definition) is 2. The van der Waals surface area contributed by atoms with Crippen molar-refractivity contribution >= 4 is 11.6 Å². The third-order valence-electron chi connectivity index (χ3n) is 3.85. The Balaban J connectivity index is 2.29. The van der Waals surface area contributed by atoms with E-state index in [1.165, 1.54) is 17.7 Å². The maximum atomic E-state index is 13.3. The van der Waals surface area contributed by atoms with Crippen LogP contribution in [0.2, 0.25) is 5.02 Å². The largest absolute Gasteiger partial charge is 0.327 e. The summed E-state index contributed by atoms with van der Waals surface area (Å²) in [6.07, 6.45) is 1.74. The zero-order chi connectivity index (χ0) is 15.6. The van der Waals surface area contributed by atoms with Gasteiger partial charge in [0.05, 0.1) is 12.2 Å². The smallest absolute Gasteiger partial charge is 0.123 e. The van der Waals surface area contributed by atoms with Crippen molar-refractivity contribution in [1.29, 1.82) is 0 Å². The number of rotatable bonds is 5. The fourth-order valence-corrected chi connectivity index (χ4v) is 2.59. The number of nitrogens with zero attached hydrogens (tertiary/aromatic N) is 2. The average molecular weight is 310 g/mol. The molecule has 0 amide bonds. The van der Waals surface area contributed by atoms with Gasteiger partial charge in [-0.25, -0.2) is 4.39 Å². The molecule has 0 aliphatic rings. The van der Waals surface area contributed by atoms with Crippen LogP contribution in [0.5, 0.6) is 0 Å². The van der Waals surface area contributed by atoms with Crippen LogP contribution in [0.1, 0.15) is 35.9 Å². The molecule has 1 aromatic heterocycles. The molecule has 2 N–H and O–H groups in total. The van der Waals surface area contributed by atoms with Gasteiger partial charge in [-0.05, 0) is 56.0 Å². The van der Waals surface area contributed by atoms with Gasteiger partial charge in [-0.1, -0.05) is 18.5 Å². The lowest BCUT2D eigenvalue weighted by Gasteiger charge is -2.10. The molecule has 0 spiro atoms. The molecular formula is C16H21ClFN3. The van der Waals surface area contributed by atoms with Gasteiger partial charge < -0.3 is 5.73 Å². The third-order valence-corrected chi connectivity index (χ3v) is 4.22. The molecule has 0 aliphatic carbocycles. The Kier molecular flexibility index (Phi) is 5.01. The van der Waals surface area contributed by atoms with E-state index in [1.807, 2.05) is 18.5 Å². The van der Waals surface area contributed by atoms with Crippen molar-refractivity contribution in [3.8, 4) is 0 Å². The Labute approximate surface area is 129 Å². The molecule has 0 bridgehead atoms. The minimum absolute atomic E-state index is 0.137. The summed E-state index contributed by atoms with van der Waals surface area (Å²) in [6.45, 7) is 6.54. The molecular weight excluding hydrogens is 289 g/mol. The second-order valence-electron chi connectivity index (χ2n) is 5.42. The zero-order valence-electron chi connectivity index (χ0n) is 12.7. The molecule has 0 saturated carbocycles. The first-order valence-corrected chi connectivity index (χ1v) is 7.52. The van der Waals surface area contributed by atoms with Gasteiger partial charge in [-0.2, -0.15) is 5.10 Å². The van der Waals surface area contributed by atoms with Crippen LogP contribution in [0.3, 0.4) is 0 Å². The van der Waals surface area contributed by atoms with E-state index in [0.717, 1.165) is 29.8 Å². The molecule has 1 heterocycles. The maximum Gasteiger partial charge on any atom is 0.123 e. The predicted octanol–water partition coefficient (Wildman–Crippen LogP) is 3.62. The number of hydrogen-bond donors (Lipinski definition) is 1. The van der Waals surface area contributed by atoms with Crippen LogP contribution in [0.4, 0.5) is 4.39 Å². The van der Waals surface area contributed by atoms with Gasteiger partial charge in [0.15, 0.2) is 0 Å². The van der Waals surface area contributed by atoms with Crippen LogP contribution in [-0.4, -0.2) is 15.8 Å². The highest BCUT2D eigenvalue weighted by atomic mass is 35.5. The third kappa shape index (κ3) is 3.63. The fourth-order valence-electron chi connectivity index (χ4n) is 2.42. The van der Waals surface area contributed by atoms with Gasteiger partial charge in [-0.3, -0.25) is 4.68 Å². The number of benzene rings is 1. The van der Waals surface area contributed by atoms with Crippen LogP contribution in [0.25, 0.3) is 0 Å². The molecule has 0 saturated heterocycles. The van der Waals surface area contributed by atoms with E-state index in [9.17, 15) is 4.39 Å². The van der Waals surface area contributed by atoms with Crippen LogP contribution in [0, 0.1) is 19.7 Å². The minimum Gasteiger partial charge on any atom is -0.327 e. The van der Waals surface area contributed by atoms with Crippen LogP contribution >= 0.6 is 11.6 Å². The normalized spacial score (nSPS) is 12.7. The van der Waals surface area contributed by atoms with E-state index in [-0.39, 0.29) is 11.9 Å². The molecule has 2 rings (SSSR count). The van der Waals surface area contributed by atoms with Crippen LogP contribution < -0.4 is 5.73 Å².